The molecule has 0 unspecified atom stereocenters. The van der Waals surface area contributed by atoms with E-state index in [1.807, 2.05) is 0 Å². The van der Waals surface area contributed by atoms with Gasteiger partial charge in [0.25, 0.3) is 0 Å². The van der Waals surface area contributed by atoms with E-state index in [0.29, 0.717) is 5.19 Å². The van der Waals surface area contributed by atoms with Gasteiger partial charge in [0.15, 0.2) is 5.92 Å². The molecule has 0 amide bonds. The minimum absolute atomic E-state index is 0.0177. The lowest BCUT2D eigenvalue weighted by molar-refractivity contribution is -0.291. The molecule has 3 nitrogen and oxygen atoms in total. The Bertz CT molecular complexity index is 472. The van der Waals surface area contributed by atoms with Crippen molar-refractivity contribution in [1.82, 2.24) is 0 Å². The third-order valence-corrected chi connectivity index (χ3v) is 5.95. The molecule has 10 heteroatoms. The van der Waals surface area contributed by atoms with Crippen LogP contribution in [0.3, 0.4) is 0 Å². The molecule has 24 heavy (non-hydrogen) atoms. The van der Waals surface area contributed by atoms with E-state index in [0.717, 1.165) is 0 Å². The SMILES string of the molecule is CCO[Si](OCC)(OCC(C(F)(F)F)C(F)(F)F)c1ccccc1. The van der Waals surface area contributed by atoms with Crippen LogP contribution in [0.15, 0.2) is 30.3 Å². The van der Waals surface area contributed by atoms with Gasteiger partial charge >= 0.3 is 21.2 Å². The molecule has 0 bridgehead atoms. The molecule has 0 aliphatic heterocycles. The summed E-state index contributed by atoms with van der Waals surface area (Å²) in [6, 6.07) is 7.78. The van der Waals surface area contributed by atoms with Crippen molar-refractivity contribution in [3.05, 3.63) is 30.3 Å². The zero-order valence-corrected chi connectivity index (χ0v) is 14.1. The predicted molar refractivity (Wildman–Crippen MR) is 76.6 cm³/mol. The molecule has 138 valence electrons. The van der Waals surface area contributed by atoms with E-state index >= 15 is 0 Å². The summed E-state index contributed by atoms with van der Waals surface area (Å²) in [6.45, 7) is 1.53. The van der Waals surface area contributed by atoms with Gasteiger partial charge in [-0.2, -0.15) is 26.3 Å². The van der Waals surface area contributed by atoms with Crippen LogP contribution < -0.4 is 5.19 Å². The molecule has 0 atom stereocenters. The summed E-state index contributed by atoms with van der Waals surface area (Å²) in [5.41, 5.74) is 0. The van der Waals surface area contributed by atoms with Gasteiger partial charge < -0.3 is 13.3 Å². The smallest absolute Gasteiger partial charge is 0.370 e. The van der Waals surface area contributed by atoms with Crippen LogP contribution >= 0.6 is 0 Å². The third kappa shape index (κ3) is 5.47. The van der Waals surface area contributed by atoms with Crippen molar-refractivity contribution in [2.75, 3.05) is 19.8 Å². The Hall–Kier alpha value is -1.10. The molecule has 0 aliphatic carbocycles. The van der Waals surface area contributed by atoms with Crippen molar-refractivity contribution >= 4 is 14.0 Å². The second kappa shape index (κ2) is 8.32. The van der Waals surface area contributed by atoms with E-state index in [-0.39, 0.29) is 13.2 Å². The van der Waals surface area contributed by atoms with Crippen LogP contribution in [-0.4, -0.2) is 41.0 Å². The van der Waals surface area contributed by atoms with Gasteiger partial charge in [-0.15, -0.1) is 0 Å². The molecule has 0 spiro atoms. The normalized spacial score (nSPS) is 13.5. The highest BCUT2D eigenvalue weighted by molar-refractivity contribution is 6.75. The standard InChI is InChI=1S/C14H18F6O3Si/c1-3-21-24(22-4-2,11-8-6-5-7-9-11)23-10-12(13(15,16)17)14(18,19)20/h5-9,12H,3-4,10H2,1-2H3. The van der Waals surface area contributed by atoms with Gasteiger partial charge in [-0.25, -0.2) is 0 Å². The number of alkyl halides is 6. The summed E-state index contributed by atoms with van der Waals surface area (Å²) in [5.74, 6) is -3.61. The summed E-state index contributed by atoms with van der Waals surface area (Å²) >= 11 is 0. The van der Waals surface area contributed by atoms with E-state index in [2.05, 4.69) is 0 Å². The Labute approximate surface area is 136 Å². The van der Waals surface area contributed by atoms with Crippen LogP contribution in [0.25, 0.3) is 0 Å². The van der Waals surface area contributed by atoms with E-state index < -0.39 is 33.7 Å². The molecule has 0 saturated carbocycles. The largest absolute Gasteiger partial charge is 0.537 e. The molecule has 0 radical (unpaired) electrons. The fourth-order valence-corrected chi connectivity index (χ4v) is 4.46. The summed E-state index contributed by atoms with van der Waals surface area (Å²) in [6.07, 6.45) is -11.0. The van der Waals surface area contributed by atoms with Gasteiger partial charge in [0.2, 0.25) is 0 Å². The molecule has 1 rings (SSSR count). The third-order valence-electron chi connectivity index (χ3n) is 3.03. The maximum Gasteiger partial charge on any atom is 0.537 e. The fraction of sp³-hybridized carbons (Fsp3) is 0.571. The van der Waals surface area contributed by atoms with Crippen LogP contribution in [0.4, 0.5) is 26.3 Å². The number of rotatable bonds is 8. The molecular formula is C14H18F6O3Si. The molecule has 0 saturated heterocycles. The van der Waals surface area contributed by atoms with Crippen LogP contribution in [0.5, 0.6) is 0 Å². The summed E-state index contributed by atoms with van der Waals surface area (Å²) in [4.78, 5) is 0. The summed E-state index contributed by atoms with van der Waals surface area (Å²) < 4.78 is 92.0. The number of hydrogen-bond donors (Lipinski definition) is 0. The first kappa shape index (κ1) is 20.9. The minimum Gasteiger partial charge on any atom is -0.370 e. The van der Waals surface area contributed by atoms with Crippen molar-refractivity contribution in [3.63, 3.8) is 0 Å². The molecule has 0 heterocycles. The van der Waals surface area contributed by atoms with Crippen molar-refractivity contribution in [3.8, 4) is 0 Å². The molecule has 1 aromatic rings. The molecular weight excluding hydrogens is 358 g/mol. The van der Waals surface area contributed by atoms with Gasteiger partial charge in [0.05, 0.1) is 6.61 Å². The molecule has 0 N–H and O–H groups in total. The maximum absolute atomic E-state index is 12.7. The van der Waals surface area contributed by atoms with Gasteiger partial charge in [-0.3, -0.25) is 0 Å². The van der Waals surface area contributed by atoms with Crippen LogP contribution in [-0.2, 0) is 13.3 Å². The van der Waals surface area contributed by atoms with E-state index in [4.69, 9.17) is 13.3 Å². The molecule has 0 aliphatic rings. The Balaban J connectivity index is 3.12. The van der Waals surface area contributed by atoms with Crippen molar-refractivity contribution in [2.45, 2.75) is 26.2 Å². The van der Waals surface area contributed by atoms with Gasteiger partial charge in [0.1, 0.15) is 0 Å². The van der Waals surface area contributed by atoms with Gasteiger partial charge in [-0.05, 0) is 13.8 Å². The first-order valence-electron chi connectivity index (χ1n) is 7.17. The van der Waals surface area contributed by atoms with Crippen LogP contribution in [0, 0.1) is 5.92 Å². The Morgan fingerprint density at radius 3 is 1.67 bits per heavy atom. The van der Waals surface area contributed by atoms with E-state index in [1.165, 1.54) is 12.1 Å². The average Bonchev–Trinajstić information content (AvgIpc) is 2.45. The number of halogens is 6. The second-order valence-corrected chi connectivity index (χ2v) is 7.29. The highest BCUT2D eigenvalue weighted by Crippen LogP contribution is 2.39. The highest BCUT2D eigenvalue weighted by Gasteiger charge is 2.58. The summed E-state index contributed by atoms with van der Waals surface area (Å²) in [5, 5.41) is 0.303. The number of hydrogen-bond acceptors (Lipinski definition) is 3. The predicted octanol–water partition coefficient (Wildman–Crippen LogP) is 3.66. The van der Waals surface area contributed by atoms with Crippen molar-refractivity contribution in [1.29, 1.82) is 0 Å². The maximum atomic E-state index is 12.7. The Morgan fingerprint density at radius 2 is 1.29 bits per heavy atom. The first-order chi connectivity index (χ1) is 11.1. The first-order valence-corrected chi connectivity index (χ1v) is 8.90. The van der Waals surface area contributed by atoms with Crippen molar-refractivity contribution in [2.24, 2.45) is 5.92 Å². The van der Waals surface area contributed by atoms with Gasteiger partial charge in [0, 0.05) is 18.4 Å². The van der Waals surface area contributed by atoms with Crippen LogP contribution in [0.2, 0.25) is 0 Å². The average molecular weight is 376 g/mol. The molecule has 0 fully saturated rings. The topological polar surface area (TPSA) is 27.7 Å². The number of benzene rings is 1. The van der Waals surface area contributed by atoms with Crippen LogP contribution in [0.1, 0.15) is 13.8 Å². The zero-order chi connectivity index (χ0) is 18.4. The lowest BCUT2D eigenvalue weighted by Crippen LogP contribution is -2.58. The molecule has 0 aromatic heterocycles. The minimum atomic E-state index is -5.48. The quantitative estimate of drug-likeness (QED) is 0.512. The lowest BCUT2D eigenvalue weighted by atomic mass is 10.1. The van der Waals surface area contributed by atoms with E-state index in [1.54, 1.807) is 32.0 Å². The molecule has 1 aromatic carbocycles. The monoisotopic (exact) mass is 376 g/mol. The lowest BCUT2D eigenvalue weighted by Gasteiger charge is -2.31. The Kier molecular flexibility index (Phi) is 7.26. The zero-order valence-electron chi connectivity index (χ0n) is 13.1. The van der Waals surface area contributed by atoms with Gasteiger partial charge in [-0.1, -0.05) is 30.3 Å². The summed E-state index contributed by atoms with van der Waals surface area (Å²) in [7, 11) is -3.89. The van der Waals surface area contributed by atoms with E-state index in [9.17, 15) is 26.3 Å². The fourth-order valence-electron chi connectivity index (χ4n) is 1.96. The second-order valence-electron chi connectivity index (χ2n) is 4.74. The Morgan fingerprint density at radius 1 is 0.833 bits per heavy atom. The van der Waals surface area contributed by atoms with Crippen molar-refractivity contribution < 1.29 is 39.6 Å². The highest BCUT2D eigenvalue weighted by atomic mass is 28.4.